The van der Waals surface area contributed by atoms with Crippen LogP contribution >= 0.6 is 0 Å². The van der Waals surface area contributed by atoms with Crippen LogP contribution in [-0.2, 0) is 24.5 Å². The van der Waals surface area contributed by atoms with Crippen molar-refractivity contribution in [2.45, 2.75) is 55.9 Å². The number of nitrogens with one attached hydrogen (secondary N) is 2. The van der Waals surface area contributed by atoms with Crippen LogP contribution in [0.1, 0.15) is 43.4 Å². The first-order chi connectivity index (χ1) is 16.2. The Labute approximate surface area is 196 Å². The minimum absolute atomic E-state index is 0.143. The molecule has 6 nitrogen and oxygen atoms in total. The quantitative estimate of drug-likeness (QED) is 0.582. The van der Waals surface area contributed by atoms with E-state index in [4.69, 9.17) is 14.2 Å². The van der Waals surface area contributed by atoms with E-state index in [-0.39, 0.29) is 19.3 Å². The molecule has 2 fully saturated rings. The van der Waals surface area contributed by atoms with Gasteiger partial charge in [0.25, 0.3) is 0 Å². The molecule has 4 rings (SSSR count). The summed E-state index contributed by atoms with van der Waals surface area (Å²) in [4.78, 5) is 12.0. The fourth-order valence-corrected chi connectivity index (χ4v) is 4.64. The molecule has 0 aromatic heterocycles. The van der Waals surface area contributed by atoms with E-state index in [2.05, 4.69) is 10.6 Å². The van der Waals surface area contributed by atoms with Crippen molar-refractivity contribution in [3.63, 3.8) is 0 Å². The number of halogens is 3. The molecule has 2 heterocycles. The molecule has 0 saturated carbocycles. The van der Waals surface area contributed by atoms with Crippen LogP contribution in [0.3, 0.4) is 0 Å². The predicted molar refractivity (Wildman–Crippen MR) is 119 cm³/mol. The third-order valence-corrected chi connectivity index (χ3v) is 6.30. The summed E-state index contributed by atoms with van der Waals surface area (Å²) in [7, 11) is 0. The van der Waals surface area contributed by atoms with E-state index >= 15 is 0 Å². The van der Waals surface area contributed by atoms with Crippen LogP contribution in [0.25, 0.3) is 0 Å². The van der Waals surface area contributed by atoms with E-state index < -0.39 is 29.6 Å². The Morgan fingerprint density at radius 1 is 1.09 bits per heavy atom. The molecule has 0 aliphatic carbocycles. The van der Waals surface area contributed by atoms with E-state index in [1.165, 1.54) is 0 Å². The zero-order valence-corrected chi connectivity index (χ0v) is 18.9. The van der Waals surface area contributed by atoms with Crippen molar-refractivity contribution in [3.05, 3.63) is 71.8 Å². The summed E-state index contributed by atoms with van der Waals surface area (Å²) in [6.07, 6.45) is -2.51. The largest absolute Gasteiger partial charge is 0.491 e. The summed E-state index contributed by atoms with van der Waals surface area (Å²) < 4.78 is 56.2. The van der Waals surface area contributed by atoms with Crippen molar-refractivity contribution < 1.29 is 32.2 Å². The zero-order chi connectivity index (χ0) is 24.2. The second-order valence-corrected chi connectivity index (χ2v) is 8.90. The Bertz CT molecular complexity index is 954. The number of esters is 1. The second kappa shape index (κ2) is 10.0. The van der Waals surface area contributed by atoms with Gasteiger partial charge in [-0.15, -0.1) is 0 Å². The number of alkyl halides is 3. The van der Waals surface area contributed by atoms with Gasteiger partial charge < -0.3 is 14.2 Å². The minimum atomic E-state index is -5.16. The third-order valence-electron chi connectivity index (χ3n) is 6.30. The first-order valence-corrected chi connectivity index (χ1v) is 11.4. The van der Waals surface area contributed by atoms with Gasteiger partial charge in [0.15, 0.2) is 0 Å². The zero-order valence-electron chi connectivity index (χ0n) is 18.9. The van der Waals surface area contributed by atoms with Crippen LogP contribution in [0.15, 0.2) is 60.7 Å². The smallest absolute Gasteiger partial charge is 0.421 e. The normalized spacial score (nSPS) is 29.6. The van der Waals surface area contributed by atoms with Crippen molar-refractivity contribution in [3.8, 4) is 0 Å². The van der Waals surface area contributed by atoms with Crippen LogP contribution in [0, 0.1) is 0 Å². The van der Waals surface area contributed by atoms with Crippen LogP contribution in [0.4, 0.5) is 13.2 Å². The van der Waals surface area contributed by atoms with Crippen molar-refractivity contribution >= 4 is 5.97 Å². The molecule has 184 valence electrons. The third kappa shape index (κ3) is 5.43. The number of hydrogen-bond donors (Lipinski definition) is 2. The highest BCUT2D eigenvalue weighted by Gasteiger charge is 2.57. The molecule has 2 N–H and O–H groups in total. The maximum atomic E-state index is 13.2. The Hall–Kier alpha value is -2.46. The highest BCUT2D eigenvalue weighted by molar-refractivity contribution is 5.76. The summed E-state index contributed by atoms with van der Waals surface area (Å²) in [5, 5.41) is 6.30. The molecule has 0 amide bonds. The maximum Gasteiger partial charge on any atom is 0.491 e. The summed E-state index contributed by atoms with van der Waals surface area (Å²) in [5.41, 5.74) is 0.720. The average Bonchev–Trinajstić information content (AvgIpc) is 3.13. The van der Waals surface area contributed by atoms with Gasteiger partial charge in [-0.1, -0.05) is 60.7 Å². The molecular weight excluding hydrogens is 449 g/mol. The van der Waals surface area contributed by atoms with E-state index in [1.54, 1.807) is 0 Å². The highest BCUT2D eigenvalue weighted by Crippen LogP contribution is 2.43. The molecule has 2 aliphatic rings. The standard InChI is InChI=1S/C25H29F3N2O4/c1-23(19-12-6-3-7-13-19)21(18-10-4-2-5-11-18)29-24(30-23,34-22(31)25(26,27)28)17-32-16-20-14-8-9-15-33-20/h2-7,10-13,20-21,29-30H,8-9,14-17H2,1H3. The lowest BCUT2D eigenvalue weighted by Crippen LogP contribution is -2.60. The van der Waals surface area contributed by atoms with Gasteiger partial charge in [-0.3, -0.25) is 10.6 Å². The van der Waals surface area contributed by atoms with Gasteiger partial charge in [-0.2, -0.15) is 13.2 Å². The van der Waals surface area contributed by atoms with Gasteiger partial charge in [0.05, 0.1) is 24.3 Å². The summed E-state index contributed by atoms with van der Waals surface area (Å²) in [6.45, 7) is 2.34. The summed E-state index contributed by atoms with van der Waals surface area (Å²) in [5.74, 6) is -4.21. The first-order valence-electron chi connectivity index (χ1n) is 11.4. The van der Waals surface area contributed by atoms with Crippen LogP contribution in [-0.4, -0.2) is 43.9 Å². The second-order valence-electron chi connectivity index (χ2n) is 8.90. The molecule has 4 unspecified atom stereocenters. The highest BCUT2D eigenvalue weighted by atomic mass is 19.4. The molecule has 2 aliphatic heterocycles. The van der Waals surface area contributed by atoms with Gasteiger partial charge in [0.2, 0.25) is 5.85 Å². The van der Waals surface area contributed by atoms with E-state index in [1.807, 2.05) is 67.6 Å². The van der Waals surface area contributed by atoms with Gasteiger partial charge in [-0.05, 0) is 37.3 Å². The van der Waals surface area contributed by atoms with E-state index in [0.717, 1.165) is 30.4 Å². The fraction of sp³-hybridized carbons (Fsp3) is 0.480. The first kappa shape index (κ1) is 24.7. The summed E-state index contributed by atoms with van der Waals surface area (Å²) >= 11 is 0. The van der Waals surface area contributed by atoms with Crippen molar-refractivity contribution in [1.29, 1.82) is 0 Å². The Kier molecular flexibility index (Phi) is 7.28. The predicted octanol–water partition coefficient (Wildman–Crippen LogP) is 4.18. The maximum absolute atomic E-state index is 13.2. The average molecular weight is 479 g/mol. The van der Waals surface area contributed by atoms with Crippen molar-refractivity contribution in [2.24, 2.45) is 0 Å². The van der Waals surface area contributed by atoms with Crippen LogP contribution < -0.4 is 10.6 Å². The number of ether oxygens (including phenoxy) is 3. The molecular formula is C25H29F3N2O4. The van der Waals surface area contributed by atoms with Crippen LogP contribution in [0.5, 0.6) is 0 Å². The summed E-state index contributed by atoms with van der Waals surface area (Å²) in [6, 6.07) is 18.1. The van der Waals surface area contributed by atoms with Crippen molar-refractivity contribution in [2.75, 3.05) is 19.8 Å². The Morgan fingerprint density at radius 2 is 1.76 bits per heavy atom. The Balaban J connectivity index is 1.65. The fourth-order valence-electron chi connectivity index (χ4n) is 4.64. The molecule has 0 bridgehead atoms. The lowest BCUT2D eigenvalue weighted by Gasteiger charge is -2.34. The molecule has 9 heteroatoms. The number of carbonyl (C=O) groups is 1. The van der Waals surface area contributed by atoms with Gasteiger partial charge in [-0.25, -0.2) is 4.79 Å². The lowest BCUT2D eigenvalue weighted by molar-refractivity contribution is -0.225. The topological polar surface area (TPSA) is 68.8 Å². The monoisotopic (exact) mass is 478 g/mol. The SMILES string of the molecule is CC1(c2ccccc2)NC(COCC2CCCCO2)(OC(=O)C(F)(F)F)NC1c1ccccc1. The number of benzene rings is 2. The molecule has 2 aromatic rings. The molecule has 0 radical (unpaired) electrons. The van der Waals surface area contributed by atoms with Gasteiger partial charge >= 0.3 is 12.1 Å². The number of carbonyl (C=O) groups excluding carboxylic acids is 1. The molecule has 0 spiro atoms. The van der Waals surface area contributed by atoms with E-state index in [0.29, 0.717) is 6.61 Å². The Morgan fingerprint density at radius 3 is 2.38 bits per heavy atom. The molecule has 2 saturated heterocycles. The van der Waals surface area contributed by atoms with Crippen LogP contribution in [0.2, 0.25) is 0 Å². The number of hydrogen-bond acceptors (Lipinski definition) is 6. The van der Waals surface area contributed by atoms with E-state index in [9.17, 15) is 18.0 Å². The minimum Gasteiger partial charge on any atom is -0.421 e. The molecule has 34 heavy (non-hydrogen) atoms. The van der Waals surface area contributed by atoms with Gasteiger partial charge in [0.1, 0.15) is 6.61 Å². The number of rotatable bonds is 7. The lowest BCUT2D eigenvalue weighted by atomic mass is 9.82. The van der Waals surface area contributed by atoms with Crippen molar-refractivity contribution in [1.82, 2.24) is 10.6 Å². The molecule has 4 atom stereocenters. The van der Waals surface area contributed by atoms with Gasteiger partial charge in [0, 0.05) is 6.61 Å². The molecule has 2 aromatic carbocycles.